The highest BCUT2D eigenvalue weighted by atomic mass is 35.5. The third kappa shape index (κ3) is 3.04. The third-order valence-electron chi connectivity index (χ3n) is 3.27. The molecular formula is C13H15ClFNO4S. The quantitative estimate of drug-likeness (QED) is 0.791. The van der Waals surface area contributed by atoms with Gasteiger partial charge in [-0.3, -0.25) is 4.79 Å². The molecule has 1 aromatic rings. The van der Waals surface area contributed by atoms with Crippen LogP contribution in [-0.2, 0) is 19.6 Å². The molecule has 21 heavy (non-hydrogen) atoms. The number of sulfonamides is 1. The minimum Gasteiger partial charge on any atom is -0.465 e. The molecule has 1 saturated heterocycles. The summed E-state index contributed by atoms with van der Waals surface area (Å²) in [6, 6.07) is 2.85. The van der Waals surface area contributed by atoms with Crippen LogP contribution >= 0.6 is 11.6 Å². The molecule has 0 saturated carbocycles. The van der Waals surface area contributed by atoms with Crippen LogP contribution < -0.4 is 0 Å². The minimum absolute atomic E-state index is 0.151. The van der Waals surface area contributed by atoms with E-state index in [4.69, 9.17) is 16.3 Å². The van der Waals surface area contributed by atoms with E-state index in [0.717, 1.165) is 10.4 Å². The second-order valence-electron chi connectivity index (χ2n) is 4.58. The van der Waals surface area contributed by atoms with E-state index < -0.39 is 32.7 Å². The molecule has 0 N–H and O–H groups in total. The van der Waals surface area contributed by atoms with Crippen LogP contribution in [0.1, 0.15) is 19.8 Å². The lowest BCUT2D eigenvalue weighted by Crippen LogP contribution is -2.41. The lowest BCUT2D eigenvalue weighted by Gasteiger charge is -2.22. The van der Waals surface area contributed by atoms with Gasteiger partial charge < -0.3 is 4.74 Å². The zero-order valence-electron chi connectivity index (χ0n) is 11.4. The molecule has 1 aliphatic heterocycles. The van der Waals surface area contributed by atoms with Gasteiger partial charge in [0.05, 0.1) is 11.6 Å². The molecule has 1 aliphatic rings. The molecular weight excluding hydrogens is 321 g/mol. The van der Waals surface area contributed by atoms with Crippen LogP contribution in [-0.4, -0.2) is 37.9 Å². The molecule has 0 aromatic heterocycles. The Hall–Kier alpha value is -1.18. The van der Waals surface area contributed by atoms with E-state index in [-0.39, 0.29) is 18.2 Å². The lowest BCUT2D eigenvalue weighted by molar-refractivity contribution is -0.146. The number of benzene rings is 1. The largest absolute Gasteiger partial charge is 0.465 e. The lowest BCUT2D eigenvalue weighted by atomic mass is 10.2. The summed E-state index contributed by atoms with van der Waals surface area (Å²) in [7, 11) is -4.13. The number of hydrogen-bond donors (Lipinski definition) is 0. The van der Waals surface area contributed by atoms with Crippen molar-refractivity contribution in [3.05, 3.63) is 29.0 Å². The van der Waals surface area contributed by atoms with Crippen molar-refractivity contribution in [2.75, 3.05) is 13.2 Å². The predicted molar refractivity (Wildman–Crippen MR) is 75.0 cm³/mol. The normalized spacial score (nSPS) is 19.7. The Labute approximate surface area is 127 Å². The fraction of sp³-hybridized carbons (Fsp3) is 0.462. The van der Waals surface area contributed by atoms with E-state index >= 15 is 0 Å². The first-order valence-corrected chi connectivity index (χ1v) is 8.34. The van der Waals surface area contributed by atoms with E-state index in [2.05, 4.69) is 0 Å². The molecule has 0 bridgehead atoms. The van der Waals surface area contributed by atoms with Crippen molar-refractivity contribution in [1.29, 1.82) is 0 Å². The topological polar surface area (TPSA) is 63.7 Å². The minimum atomic E-state index is -4.13. The Morgan fingerprint density at radius 3 is 2.90 bits per heavy atom. The third-order valence-corrected chi connectivity index (χ3v) is 5.48. The summed E-state index contributed by atoms with van der Waals surface area (Å²) in [5, 5.41) is -0.275. The Bertz CT molecular complexity index is 650. The molecule has 1 heterocycles. The van der Waals surface area contributed by atoms with Crippen molar-refractivity contribution >= 4 is 27.6 Å². The SMILES string of the molecule is CCOC(=O)C1CCCN1S(=O)(=O)c1cccc(Cl)c1F. The van der Waals surface area contributed by atoms with Gasteiger partial charge in [-0.1, -0.05) is 17.7 Å². The second-order valence-corrected chi connectivity index (χ2v) is 6.84. The molecule has 116 valence electrons. The van der Waals surface area contributed by atoms with Crippen LogP contribution in [0.4, 0.5) is 4.39 Å². The molecule has 1 fully saturated rings. The van der Waals surface area contributed by atoms with Crippen LogP contribution in [0.3, 0.4) is 0 Å². The maximum absolute atomic E-state index is 14.0. The number of carbonyl (C=O) groups is 1. The first-order chi connectivity index (χ1) is 9.89. The molecule has 0 amide bonds. The zero-order valence-corrected chi connectivity index (χ0v) is 13.0. The van der Waals surface area contributed by atoms with E-state index in [1.807, 2.05) is 0 Å². The van der Waals surface area contributed by atoms with Gasteiger partial charge in [-0.25, -0.2) is 12.8 Å². The Balaban J connectivity index is 2.39. The van der Waals surface area contributed by atoms with Gasteiger partial charge in [-0.2, -0.15) is 4.31 Å². The van der Waals surface area contributed by atoms with Crippen LogP contribution in [0, 0.1) is 5.82 Å². The fourth-order valence-corrected chi connectivity index (χ4v) is 4.28. The molecule has 1 atom stereocenters. The van der Waals surface area contributed by atoms with Crippen molar-refractivity contribution in [2.45, 2.75) is 30.7 Å². The van der Waals surface area contributed by atoms with Crippen molar-refractivity contribution in [3.63, 3.8) is 0 Å². The molecule has 8 heteroatoms. The van der Waals surface area contributed by atoms with Gasteiger partial charge in [0, 0.05) is 6.54 Å². The standard InChI is InChI=1S/C13H15ClFNO4S/c1-2-20-13(17)10-6-4-8-16(10)21(18,19)11-7-3-5-9(14)12(11)15/h3,5,7,10H,2,4,6,8H2,1H3. The van der Waals surface area contributed by atoms with Crippen molar-refractivity contribution < 1.29 is 22.3 Å². The van der Waals surface area contributed by atoms with Gasteiger partial charge in [0.1, 0.15) is 10.9 Å². The summed E-state index contributed by atoms with van der Waals surface area (Å²) < 4.78 is 44.9. The number of rotatable bonds is 4. The Kier molecular flexibility index (Phi) is 4.85. The highest BCUT2D eigenvalue weighted by molar-refractivity contribution is 7.89. The van der Waals surface area contributed by atoms with Gasteiger partial charge >= 0.3 is 5.97 Å². The van der Waals surface area contributed by atoms with Crippen molar-refractivity contribution in [1.82, 2.24) is 4.31 Å². The van der Waals surface area contributed by atoms with Gasteiger partial charge in [-0.05, 0) is 31.9 Å². The maximum atomic E-state index is 14.0. The van der Waals surface area contributed by atoms with Crippen LogP contribution in [0.5, 0.6) is 0 Å². The van der Waals surface area contributed by atoms with Crippen LogP contribution in [0.15, 0.2) is 23.1 Å². The Morgan fingerprint density at radius 2 is 2.24 bits per heavy atom. The monoisotopic (exact) mass is 335 g/mol. The average Bonchev–Trinajstić information content (AvgIpc) is 2.92. The number of hydrogen-bond acceptors (Lipinski definition) is 4. The summed E-state index contributed by atoms with van der Waals surface area (Å²) in [4.78, 5) is 11.3. The molecule has 5 nitrogen and oxygen atoms in total. The first kappa shape index (κ1) is 16.2. The van der Waals surface area contributed by atoms with Gasteiger partial charge in [0.15, 0.2) is 5.82 Å². The van der Waals surface area contributed by atoms with Gasteiger partial charge in [-0.15, -0.1) is 0 Å². The van der Waals surface area contributed by atoms with Crippen LogP contribution in [0.25, 0.3) is 0 Å². The number of ether oxygens (including phenoxy) is 1. The number of esters is 1. The summed E-state index contributed by atoms with van der Waals surface area (Å²) in [6.07, 6.45) is 0.880. The van der Waals surface area contributed by atoms with Gasteiger partial charge in [0.2, 0.25) is 10.0 Å². The molecule has 1 aromatic carbocycles. The first-order valence-electron chi connectivity index (χ1n) is 6.52. The predicted octanol–water partition coefficient (Wildman–Crippen LogP) is 2.20. The summed E-state index contributed by atoms with van der Waals surface area (Å²) >= 11 is 5.63. The molecule has 0 aliphatic carbocycles. The second kappa shape index (κ2) is 6.29. The number of carbonyl (C=O) groups excluding carboxylic acids is 1. The highest BCUT2D eigenvalue weighted by Gasteiger charge is 2.41. The summed E-state index contributed by atoms with van der Waals surface area (Å²) in [5.41, 5.74) is 0. The molecule has 2 rings (SSSR count). The molecule has 1 unspecified atom stereocenters. The molecule has 0 spiro atoms. The summed E-state index contributed by atoms with van der Waals surface area (Å²) in [6.45, 7) is 1.95. The molecule has 0 radical (unpaired) electrons. The smallest absolute Gasteiger partial charge is 0.324 e. The maximum Gasteiger partial charge on any atom is 0.324 e. The van der Waals surface area contributed by atoms with E-state index in [9.17, 15) is 17.6 Å². The number of nitrogens with zero attached hydrogens (tertiary/aromatic N) is 1. The fourth-order valence-electron chi connectivity index (χ4n) is 2.31. The Morgan fingerprint density at radius 1 is 1.52 bits per heavy atom. The highest BCUT2D eigenvalue weighted by Crippen LogP contribution is 2.30. The van der Waals surface area contributed by atoms with E-state index in [1.165, 1.54) is 12.1 Å². The number of halogens is 2. The van der Waals surface area contributed by atoms with Crippen molar-refractivity contribution in [3.8, 4) is 0 Å². The van der Waals surface area contributed by atoms with Gasteiger partial charge in [0.25, 0.3) is 0 Å². The van der Waals surface area contributed by atoms with E-state index in [1.54, 1.807) is 6.92 Å². The van der Waals surface area contributed by atoms with Crippen molar-refractivity contribution in [2.24, 2.45) is 0 Å². The average molecular weight is 336 g/mol. The zero-order chi connectivity index (χ0) is 15.6. The van der Waals surface area contributed by atoms with E-state index in [0.29, 0.717) is 12.8 Å². The van der Waals surface area contributed by atoms with Crippen LogP contribution in [0.2, 0.25) is 5.02 Å². The summed E-state index contributed by atoms with van der Waals surface area (Å²) in [5.74, 6) is -1.62.